The first-order chi connectivity index (χ1) is 13.6. The number of likely N-dealkylation sites (tertiary alicyclic amines) is 2. The van der Waals surface area contributed by atoms with Crippen LogP contribution in [0.25, 0.3) is 0 Å². The van der Waals surface area contributed by atoms with Crippen LogP contribution in [0.1, 0.15) is 55.8 Å². The van der Waals surface area contributed by atoms with Crippen LogP contribution in [0, 0.1) is 11.3 Å². The first kappa shape index (κ1) is 19.4. The van der Waals surface area contributed by atoms with Crippen LogP contribution in [-0.2, 0) is 4.79 Å². The molecular weight excluding hydrogens is 352 g/mol. The normalized spacial score (nSPS) is 24.9. The van der Waals surface area contributed by atoms with Gasteiger partial charge in [-0.25, -0.2) is 0 Å². The van der Waals surface area contributed by atoms with Crippen LogP contribution in [0.5, 0.6) is 0 Å². The van der Waals surface area contributed by atoms with Crippen molar-refractivity contribution in [2.75, 3.05) is 32.7 Å². The number of rotatable bonds is 5. The zero-order valence-corrected chi connectivity index (χ0v) is 16.9. The molecule has 2 amide bonds. The van der Waals surface area contributed by atoms with Gasteiger partial charge in [0.05, 0.1) is 0 Å². The van der Waals surface area contributed by atoms with E-state index in [1.165, 1.54) is 0 Å². The summed E-state index contributed by atoms with van der Waals surface area (Å²) in [5, 5.41) is 3.18. The molecule has 1 aliphatic carbocycles. The molecule has 2 saturated heterocycles. The Hall–Kier alpha value is -1.95. The third kappa shape index (κ3) is 4.22. The quantitative estimate of drug-likeness (QED) is 0.846. The van der Waals surface area contributed by atoms with Crippen molar-refractivity contribution >= 4 is 11.8 Å². The lowest BCUT2D eigenvalue weighted by Crippen LogP contribution is -2.43. The molecule has 1 atom stereocenters. The molecule has 1 aromatic heterocycles. The van der Waals surface area contributed by atoms with Crippen molar-refractivity contribution in [3.05, 3.63) is 30.1 Å². The average molecular weight is 385 g/mol. The standard InChI is InChI=1S/C22H32N4O2/c1-2-25-11-5-17(6-12-25)15-20(27)26-13-7-22(8-14-26)16-19(22)24-21(28)18-3-9-23-10-4-18/h3-4,9-10,17,19H,2,5-8,11-16H2,1H3,(H,24,28). The zero-order valence-electron chi connectivity index (χ0n) is 16.9. The summed E-state index contributed by atoms with van der Waals surface area (Å²) >= 11 is 0. The molecule has 4 rings (SSSR count). The fourth-order valence-corrected chi connectivity index (χ4v) is 4.93. The van der Waals surface area contributed by atoms with E-state index in [0.29, 0.717) is 23.8 Å². The zero-order chi connectivity index (χ0) is 19.6. The second-order valence-electron chi connectivity index (χ2n) is 8.79. The molecule has 0 radical (unpaired) electrons. The highest BCUT2D eigenvalue weighted by molar-refractivity contribution is 5.94. The van der Waals surface area contributed by atoms with Gasteiger partial charge in [-0.2, -0.15) is 0 Å². The van der Waals surface area contributed by atoms with Crippen molar-refractivity contribution in [3.8, 4) is 0 Å². The van der Waals surface area contributed by atoms with Gasteiger partial charge in [0.2, 0.25) is 5.91 Å². The van der Waals surface area contributed by atoms with Gasteiger partial charge in [-0.1, -0.05) is 6.92 Å². The van der Waals surface area contributed by atoms with E-state index in [0.717, 1.165) is 64.8 Å². The van der Waals surface area contributed by atoms with Gasteiger partial charge in [-0.15, -0.1) is 0 Å². The minimum atomic E-state index is -0.0128. The van der Waals surface area contributed by atoms with Crippen molar-refractivity contribution in [2.24, 2.45) is 11.3 Å². The fourth-order valence-electron chi connectivity index (χ4n) is 4.93. The minimum absolute atomic E-state index is 0.0128. The number of aromatic nitrogens is 1. The number of nitrogens with one attached hydrogen (secondary N) is 1. The Kier molecular flexibility index (Phi) is 5.67. The predicted octanol–water partition coefficient (Wildman–Crippen LogP) is 2.31. The van der Waals surface area contributed by atoms with Gasteiger partial charge in [0, 0.05) is 43.5 Å². The second-order valence-corrected chi connectivity index (χ2v) is 8.79. The molecule has 1 saturated carbocycles. The van der Waals surface area contributed by atoms with Gasteiger partial charge >= 0.3 is 0 Å². The maximum atomic E-state index is 12.7. The summed E-state index contributed by atoms with van der Waals surface area (Å²) in [4.78, 5) is 33.6. The van der Waals surface area contributed by atoms with Gasteiger partial charge in [-0.3, -0.25) is 14.6 Å². The second kappa shape index (κ2) is 8.19. The van der Waals surface area contributed by atoms with Crippen molar-refractivity contribution in [1.82, 2.24) is 20.1 Å². The van der Waals surface area contributed by atoms with E-state index in [-0.39, 0.29) is 17.4 Å². The van der Waals surface area contributed by atoms with E-state index in [1.807, 2.05) is 0 Å². The highest BCUT2D eigenvalue weighted by Crippen LogP contribution is 2.54. The number of pyridine rings is 1. The summed E-state index contributed by atoms with van der Waals surface area (Å²) < 4.78 is 0. The Morgan fingerprint density at radius 1 is 1.14 bits per heavy atom. The third-order valence-electron chi connectivity index (χ3n) is 7.17. The Morgan fingerprint density at radius 3 is 2.46 bits per heavy atom. The summed E-state index contributed by atoms with van der Waals surface area (Å²) in [6.07, 6.45) is 9.37. The largest absolute Gasteiger partial charge is 0.349 e. The van der Waals surface area contributed by atoms with Crippen molar-refractivity contribution < 1.29 is 9.59 Å². The number of nitrogens with zero attached hydrogens (tertiary/aromatic N) is 3. The predicted molar refractivity (Wildman–Crippen MR) is 108 cm³/mol. The van der Waals surface area contributed by atoms with Crippen LogP contribution in [-0.4, -0.2) is 65.4 Å². The molecule has 1 spiro atoms. The molecule has 0 aromatic carbocycles. The minimum Gasteiger partial charge on any atom is -0.349 e. The fraction of sp³-hybridized carbons (Fsp3) is 0.682. The molecule has 1 N–H and O–H groups in total. The van der Waals surface area contributed by atoms with Crippen molar-refractivity contribution in [3.63, 3.8) is 0 Å². The Balaban J connectivity index is 1.21. The van der Waals surface area contributed by atoms with Crippen LogP contribution in [0.4, 0.5) is 0 Å². The summed E-state index contributed by atoms with van der Waals surface area (Å²) in [5.41, 5.74) is 0.880. The Labute approximate surface area is 167 Å². The van der Waals surface area contributed by atoms with E-state index in [4.69, 9.17) is 0 Å². The number of hydrogen-bond acceptors (Lipinski definition) is 4. The summed E-state index contributed by atoms with van der Waals surface area (Å²) in [7, 11) is 0. The molecule has 6 heteroatoms. The van der Waals surface area contributed by atoms with Crippen LogP contribution in [0.3, 0.4) is 0 Å². The molecule has 3 fully saturated rings. The van der Waals surface area contributed by atoms with Crippen molar-refractivity contribution in [1.29, 1.82) is 0 Å². The molecule has 0 bridgehead atoms. The summed E-state index contributed by atoms with van der Waals surface area (Å²) in [6.45, 7) is 7.28. The Bertz CT molecular complexity index is 692. The number of carbonyl (C=O) groups excluding carboxylic acids is 2. The highest BCUT2D eigenvalue weighted by atomic mass is 16.2. The molecule has 1 unspecified atom stereocenters. The smallest absolute Gasteiger partial charge is 0.251 e. The highest BCUT2D eigenvalue weighted by Gasteiger charge is 2.55. The van der Waals surface area contributed by atoms with Gasteiger partial charge in [0.1, 0.15) is 0 Å². The number of carbonyl (C=O) groups is 2. The first-order valence-corrected chi connectivity index (χ1v) is 10.8. The van der Waals surface area contributed by atoms with E-state index >= 15 is 0 Å². The van der Waals surface area contributed by atoms with Gasteiger partial charge in [0.15, 0.2) is 0 Å². The van der Waals surface area contributed by atoms with E-state index in [1.54, 1.807) is 24.5 Å². The molecule has 1 aromatic rings. The van der Waals surface area contributed by atoms with Gasteiger partial charge in [0.25, 0.3) is 5.91 Å². The van der Waals surface area contributed by atoms with E-state index in [9.17, 15) is 9.59 Å². The van der Waals surface area contributed by atoms with Gasteiger partial charge < -0.3 is 15.1 Å². The molecule has 2 aliphatic heterocycles. The average Bonchev–Trinajstić information content (AvgIpc) is 3.40. The summed E-state index contributed by atoms with van der Waals surface area (Å²) in [5.74, 6) is 0.878. The molecule has 6 nitrogen and oxygen atoms in total. The van der Waals surface area contributed by atoms with Crippen molar-refractivity contribution in [2.45, 2.75) is 51.5 Å². The monoisotopic (exact) mass is 384 g/mol. The lowest BCUT2D eigenvalue weighted by molar-refractivity contribution is -0.134. The lowest BCUT2D eigenvalue weighted by Gasteiger charge is -2.35. The van der Waals surface area contributed by atoms with E-state index in [2.05, 4.69) is 27.0 Å². The maximum absolute atomic E-state index is 12.7. The van der Waals surface area contributed by atoms with Crippen LogP contribution >= 0.6 is 0 Å². The SMILES string of the molecule is CCN1CCC(CC(=O)N2CCC3(CC2)CC3NC(=O)c2ccncc2)CC1. The topological polar surface area (TPSA) is 65.5 Å². The molecule has 152 valence electrons. The molecule has 3 heterocycles. The van der Waals surface area contributed by atoms with Crippen LogP contribution in [0.15, 0.2) is 24.5 Å². The number of amides is 2. The Morgan fingerprint density at radius 2 is 1.82 bits per heavy atom. The van der Waals surface area contributed by atoms with Gasteiger partial charge in [-0.05, 0) is 75.2 Å². The summed E-state index contributed by atoms with van der Waals surface area (Å²) in [6, 6.07) is 3.75. The first-order valence-electron chi connectivity index (χ1n) is 10.8. The molecular formula is C22H32N4O2. The molecule has 3 aliphatic rings. The molecule has 28 heavy (non-hydrogen) atoms. The van der Waals surface area contributed by atoms with E-state index < -0.39 is 0 Å². The lowest BCUT2D eigenvalue weighted by atomic mass is 9.90. The maximum Gasteiger partial charge on any atom is 0.251 e. The van der Waals surface area contributed by atoms with Crippen LogP contribution in [0.2, 0.25) is 0 Å². The number of hydrogen-bond donors (Lipinski definition) is 1. The van der Waals surface area contributed by atoms with Crippen LogP contribution < -0.4 is 5.32 Å². The third-order valence-corrected chi connectivity index (χ3v) is 7.17. The number of piperidine rings is 2.